The van der Waals surface area contributed by atoms with Gasteiger partial charge in [0.1, 0.15) is 5.65 Å². The molecule has 0 spiro atoms. The SMILES string of the molecule is NC(=O)CC(n1ccc2cnc(Nc3ccc(N4CCCC4=O)cc3)nc21)C1(C(=O)O)CCC1. The lowest BCUT2D eigenvalue weighted by Gasteiger charge is -2.44. The van der Waals surface area contributed by atoms with E-state index in [1.807, 2.05) is 30.3 Å². The van der Waals surface area contributed by atoms with E-state index in [1.54, 1.807) is 21.9 Å². The number of nitrogens with one attached hydrogen (secondary N) is 1. The summed E-state index contributed by atoms with van der Waals surface area (Å²) in [6, 6.07) is 8.65. The predicted molar refractivity (Wildman–Crippen MR) is 126 cm³/mol. The molecule has 4 N–H and O–H groups in total. The summed E-state index contributed by atoms with van der Waals surface area (Å²) in [7, 11) is 0. The van der Waals surface area contributed by atoms with Gasteiger partial charge in [0.15, 0.2) is 0 Å². The Morgan fingerprint density at radius 3 is 2.53 bits per heavy atom. The van der Waals surface area contributed by atoms with Gasteiger partial charge in [0.05, 0.1) is 11.5 Å². The maximum Gasteiger partial charge on any atom is 0.311 e. The van der Waals surface area contributed by atoms with Gasteiger partial charge >= 0.3 is 5.97 Å². The highest BCUT2D eigenvalue weighted by atomic mass is 16.4. The Balaban J connectivity index is 1.44. The van der Waals surface area contributed by atoms with Gasteiger partial charge in [-0.3, -0.25) is 14.4 Å². The lowest BCUT2D eigenvalue weighted by molar-refractivity contribution is -0.159. The number of nitrogens with zero attached hydrogens (tertiary/aromatic N) is 4. The number of amides is 2. The molecule has 1 saturated heterocycles. The Kier molecular flexibility index (Phi) is 5.43. The number of carboxylic acid groups (broad SMARTS) is 1. The summed E-state index contributed by atoms with van der Waals surface area (Å²) in [4.78, 5) is 46.8. The summed E-state index contributed by atoms with van der Waals surface area (Å²) in [6.45, 7) is 0.729. The number of nitrogens with two attached hydrogens (primary N) is 1. The first-order chi connectivity index (χ1) is 16.4. The van der Waals surface area contributed by atoms with Crippen LogP contribution in [-0.2, 0) is 14.4 Å². The van der Waals surface area contributed by atoms with E-state index >= 15 is 0 Å². The van der Waals surface area contributed by atoms with Gasteiger partial charge in [0.2, 0.25) is 17.8 Å². The van der Waals surface area contributed by atoms with Gasteiger partial charge in [0.25, 0.3) is 0 Å². The zero-order chi connectivity index (χ0) is 23.9. The van der Waals surface area contributed by atoms with Crippen LogP contribution in [0.3, 0.4) is 0 Å². The van der Waals surface area contributed by atoms with E-state index in [9.17, 15) is 19.5 Å². The molecule has 0 radical (unpaired) electrons. The van der Waals surface area contributed by atoms with Gasteiger partial charge in [-0.2, -0.15) is 4.98 Å². The molecule has 0 bridgehead atoms. The molecular weight excluding hydrogens is 436 g/mol. The van der Waals surface area contributed by atoms with Crippen molar-refractivity contribution in [3.05, 3.63) is 42.7 Å². The second-order valence-electron chi connectivity index (χ2n) is 9.02. The summed E-state index contributed by atoms with van der Waals surface area (Å²) in [5.41, 5.74) is 6.61. The second-order valence-corrected chi connectivity index (χ2v) is 9.02. The number of fused-ring (bicyclic) bond motifs is 1. The Labute approximate surface area is 195 Å². The lowest BCUT2D eigenvalue weighted by atomic mass is 9.63. The van der Waals surface area contributed by atoms with E-state index < -0.39 is 23.3 Å². The molecule has 2 aliphatic rings. The molecule has 1 aliphatic carbocycles. The minimum absolute atomic E-state index is 0.0838. The van der Waals surface area contributed by atoms with Crippen molar-refractivity contribution >= 4 is 46.1 Å². The van der Waals surface area contributed by atoms with Crippen LogP contribution in [-0.4, -0.2) is 44.0 Å². The van der Waals surface area contributed by atoms with Crippen LogP contribution < -0.4 is 16.0 Å². The van der Waals surface area contributed by atoms with Crippen molar-refractivity contribution < 1.29 is 19.5 Å². The van der Waals surface area contributed by atoms with E-state index in [0.717, 1.165) is 36.1 Å². The zero-order valence-electron chi connectivity index (χ0n) is 18.6. The molecule has 1 saturated carbocycles. The maximum atomic E-state index is 12.2. The number of primary amides is 1. The van der Waals surface area contributed by atoms with Crippen LogP contribution in [0.25, 0.3) is 11.0 Å². The van der Waals surface area contributed by atoms with Gasteiger partial charge in [-0.25, -0.2) is 4.98 Å². The Bertz CT molecular complexity index is 1260. The molecule has 2 aromatic heterocycles. The average molecular weight is 463 g/mol. The molecule has 34 heavy (non-hydrogen) atoms. The van der Waals surface area contributed by atoms with Crippen molar-refractivity contribution in [2.24, 2.45) is 11.1 Å². The standard InChI is InChI=1S/C24H26N6O4/c25-19(31)13-18(24(22(33)34)9-2-10-24)30-12-8-15-14-26-23(28-21(15)30)27-16-4-6-17(7-5-16)29-11-1-3-20(29)32/h4-8,12,14,18H,1-3,9-11,13H2,(H2,25,31)(H,33,34)(H,26,27,28). The van der Waals surface area contributed by atoms with Crippen LogP contribution in [0.5, 0.6) is 0 Å². The number of aliphatic carboxylic acids is 1. The fourth-order valence-corrected chi connectivity index (χ4v) is 5.02. The first-order valence-corrected chi connectivity index (χ1v) is 11.4. The van der Waals surface area contributed by atoms with E-state index in [1.165, 1.54) is 0 Å². The summed E-state index contributed by atoms with van der Waals surface area (Å²) in [5.74, 6) is -1.00. The zero-order valence-corrected chi connectivity index (χ0v) is 18.6. The van der Waals surface area contributed by atoms with Gasteiger partial charge < -0.3 is 25.6 Å². The molecule has 10 nitrogen and oxygen atoms in total. The van der Waals surface area contributed by atoms with E-state index in [-0.39, 0.29) is 12.3 Å². The van der Waals surface area contributed by atoms with Crippen molar-refractivity contribution in [1.29, 1.82) is 0 Å². The van der Waals surface area contributed by atoms with Gasteiger partial charge in [-0.05, 0) is 49.6 Å². The highest BCUT2D eigenvalue weighted by molar-refractivity contribution is 5.95. The number of carbonyl (C=O) groups excluding carboxylic acids is 2. The molecule has 10 heteroatoms. The molecule has 1 atom stereocenters. The van der Waals surface area contributed by atoms with Crippen molar-refractivity contribution in [3.8, 4) is 0 Å². The first kappa shape index (κ1) is 21.9. The van der Waals surface area contributed by atoms with Crippen LogP contribution in [0.2, 0.25) is 0 Å². The average Bonchev–Trinajstić information content (AvgIpc) is 3.38. The van der Waals surface area contributed by atoms with Gasteiger partial charge in [-0.1, -0.05) is 6.42 Å². The summed E-state index contributed by atoms with van der Waals surface area (Å²) in [5, 5.41) is 13.9. The summed E-state index contributed by atoms with van der Waals surface area (Å²) < 4.78 is 1.75. The smallest absolute Gasteiger partial charge is 0.311 e. The molecule has 1 aliphatic heterocycles. The van der Waals surface area contributed by atoms with Crippen molar-refractivity contribution in [1.82, 2.24) is 14.5 Å². The number of hydrogen-bond donors (Lipinski definition) is 3. The van der Waals surface area contributed by atoms with Gasteiger partial charge in [-0.15, -0.1) is 0 Å². The highest BCUT2D eigenvalue weighted by Crippen LogP contribution is 2.51. The van der Waals surface area contributed by atoms with E-state index in [2.05, 4.69) is 15.3 Å². The highest BCUT2D eigenvalue weighted by Gasteiger charge is 2.52. The topological polar surface area (TPSA) is 143 Å². The largest absolute Gasteiger partial charge is 0.481 e. The Morgan fingerprint density at radius 2 is 1.94 bits per heavy atom. The quantitative estimate of drug-likeness (QED) is 0.467. The normalized spacial score (nSPS) is 18.0. The second kappa shape index (κ2) is 8.44. The van der Waals surface area contributed by atoms with Crippen LogP contribution in [0.15, 0.2) is 42.7 Å². The lowest BCUT2D eigenvalue weighted by Crippen LogP contribution is -2.46. The van der Waals surface area contributed by atoms with E-state index in [0.29, 0.717) is 30.9 Å². The fraction of sp³-hybridized carbons (Fsp3) is 0.375. The number of rotatable bonds is 8. The number of benzene rings is 1. The molecule has 2 amide bonds. The number of carboxylic acids is 1. The van der Waals surface area contributed by atoms with Crippen molar-refractivity contribution in [2.45, 2.75) is 44.6 Å². The van der Waals surface area contributed by atoms with Crippen LogP contribution in [0, 0.1) is 5.41 Å². The number of hydrogen-bond acceptors (Lipinski definition) is 6. The molecular formula is C24H26N6O4. The van der Waals surface area contributed by atoms with Crippen molar-refractivity contribution in [2.75, 3.05) is 16.8 Å². The van der Waals surface area contributed by atoms with Gasteiger partial charge in [0, 0.05) is 48.5 Å². The minimum atomic E-state index is -1.04. The van der Waals surface area contributed by atoms with Crippen LogP contribution in [0.4, 0.5) is 17.3 Å². The Morgan fingerprint density at radius 1 is 1.18 bits per heavy atom. The molecule has 2 fully saturated rings. The third-order valence-corrected chi connectivity index (χ3v) is 7.00. The first-order valence-electron chi connectivity index (χ1n) is 11.4. The summed E-state index contributed by atoms with van der Waals surface area (Å²) >= 11 is 0. The molecule has 1 aromatic carbocycles. The predicted octanol–water partition coefficient (Wildman–Crippen LogP) is 2.97. The third kappa shape index (κ3) is 3.74. The third-order valence-electron chi connectivity index (χ3n) is 7.00. The minimum Gasteiger partial charge on any atom is -0.481 e. The maximum absolute atomic E-state index is 12.2. The molecule has 176 valence electrons. The molecule has 3 heterocycles. The van der Waals surface area contributed by atoms with E-state index in [4.69, 9.17) is 5.73 Å². The number of carbonyl (C=O) groups is 3. The number of anilines is 3. The molecule has 5 rings (SSSR count). The Hall–Kier alpha value is -3.95. The fourth-order valence-electron chi connectivity index (χ4n) is 5.02. The molecule has 3 aromatic rings. The van der Waals surface area contributed by atoms with Crippen LogP contribution >= 0.6 is 0 Å². The monoisotopic (exact) mass is 462 g/mol. The number of aromatic nitrogens is 3. The molecule has 1 unspecified atom stereocenters. The van der Waals surface area contributed by atoms with Crippen molar-refractivity contribution in [3.63, 3.8) is 0 Å². The van der Waals surface area contributed by atoms with Crippen LogP contribution in [0.1, 0.15) is 44.6 Å². The summed E-state index contributed by atoms with van der Waals surface area (Å²) in [6.07, 6.45) is 6.54.